The monoisotopic (exact) mass is 210 g/mol. The second kappa shape index (κ2) is 5.28. The molecule has 1 fully saturated rings. The van der Waals surface area contributed by atoms with Crippen molar-refractivity contribution in [3.05, 3.63) is 17.8 Å². The minimum Gasteiger partial charge on any atom is -0.446 e. The van der Waals surface area contributed by atoms with Gasteiger partial charge >= 0.3 is 0 Å². The van der Waals surface area contributed by atoms with Crippen LogP contribution in [0, 0.1) is 0 Å². The predicted octanol–water partition coefficient (Wildman–Crippen LogP) is 0.894. The third-order valence-electron chi connectivity index (χ3n) is 2.79. The van der Waals surface area contributed by atoms with Gasteiger partial charge < -0.3 is 14.8 Å². The van der Waals surface area contributed by atoms with E-state index >= 15 is 0 Å². The summed E-state index contributed by atoms with van der Waals surface area (Å²) in [6.07, 6.45) is 6.92. The van der Waals surface area contributed by atoms with Gasteiger partial charge in [-0.25, -0.2) is 4.98 Å². The molecule has 0 spiro atoms. The van der Waals surface area contributed by atoms with Crippen LogP contribution in [0.4, 0.5) is 0 Å². The number of hydrogen-bond donors (Lipinski definition) is 2. The summed E-state index contributed by atoms with van der Waals surface area (Å²) in [6.45, 7) is 1.23. The van der Waals surface area contributed by atoms with Crippen LogP contribution in [0.15, 0.2) is 10.6 Å². The smallest absolute Gasteiger partial charge is 0.195 e. The Bertz CT molecular complexity index is 293. The lowest BCUT2D eigenvalue weighted by atomic mass is 10.0. The minimum atomic E-state index is 0.121. The Morgan fingerprint density at radius 3 is 3.20 bits per heavy atom. The zero-order valence-electron chi connectivity index (χ0n) is 8.91. The van der Waals surface area contributed by atoms with Crippen LogP contribution in [0.25, 0.3) is 0 Å². The van der Waals surface area contributed by atoms with E-state index in [2.05, 4.69) is 10.3 Å². The van der Waals surface area contributed by atoms with E-state index in [4.69, 9.17) is 9.52 Å². The molecule has 0 aromatic carbocycles. The van der Waals surface area contributed by atoms with Crippen LogP contribution in [0.5, 0.6) is 0 Å². The standard InChI is InChI=1S/C11H18N2O2/c14-6-4-10-8-13-11(15-10)7-9-3-1-2-5-12-9/h8-9,12,14H,1-7H2. The highest BCUT2D eigenvalue weighted by atomic mass is 16.4. The fraction of sp³-hybridized carbons (Fsp3) is 0.727. The first-order valence-electron chi connectivity index (χ1n) is 5.66. The number of nitrogens with one attached hydrogen (secondary N) is 1. The van der Waals surface area contributed by atoms with Gasteiger partial charge in [-0.05, 0) is 19.4 Å². The maximum absolute atomic E-state index is 8.75. The van der Waals surface area contributed by atoms with E-state index in [1.807, 2.05) is 0 Å². The number of aliphatic hydroxyl groups excluding tert-OH is 1. The predicted molar refractivity (Wildman–Crippen MR) is 56.6 cm³/mol. The summed E-state index contributed by atoms with van der Waals surface area (Å²) in [6, 6.07) is 0.513. The molecule has 1 aliphatic rings. The van der Waals surface area contributed by atoms with Crippen molar-refractivity contribution in [1.82, 2.24) is 10.3 Å². The zero-order valence-corrected chi connectivity index (χ0v) is 8.91. The van der Waals surface area contributed by atoms with Gasteiger partial charge in [0.2, 0.25) is 0 Å². The number of hydrogen-bond acceptors (Lipinski definition) is 4. The van der Waals surface area contributed by atoms with E-state index in [-0.39, 0.29) is 6.61 Å². The number of rotatable bonds is 4. The molecule has 0 aliphatic carbocycles. The first-order valence-corrected chi connectivity index (χ1v) is 5.66. The van der Waals surface area contributed by atoms with Crippen molar-refractivity contribution >= 4 is 0 Å². The van der Waals surface area contributed by atoms with Gasteiger partial charge in [-0.15, -0.1) is 0 Å². The van der Waals surface area contributed by atoms with Gasteiger partial charge in [-0.3, -0.25) is 0 Å². The van der Waals surface area contributed by atoms with Crippen molar-refractivity contribution in [2.45, 2.75) is 38.1 Å². The molecular weight excluding hydrogens is 192 g/mol. The van der Waals surface area contributed by atoms with Crippen LogP contribution in [0.1, 0.15) is 30.9 Å². The van der Waals surface area contributed by atoms with Crippen LogP contribution < -0.4 is 5.32 Å². The van der Waals surface area contributed by atoms with E-state index < -0.39 is 0 Å². The summed E-state index contributed by atoms with van der Waals surface area (Å²) in [7, 11) is 0. The van der Waals surface area contributed by atoms with Crippen LogP contribution in [0.3, 0.4) is 0 Å². The van der Waals surface area contributed by atoms with Crippen LogP contribution >= 0.6 is 0 Å². The van der Waals surface area contributed by atoms with Crippen molar-refractivity contribution in [3.63, 3.8) is 0 Å². The molecule has 15 heavy (non-hydrogen) atoms. The SMILES string of the molecule is OCCc1cnc(CC2CCCCN2)o1. The average molecular weight is 210 g/mol. The molecule has 2 rings (SSSR count). The number of aromatic nitrogens is 1. The number of piperidine rings is 1. The molecule has 2 heterocycles. The molecule has 0 saturated carbocycles. The second-order valence-corrected chi connectivity index (χ2v) is 4.04. The van der Waals surface area contributed by atoms with Crippen LogP contribution in [-0.4, -0.2) is 29.3 Å². The number of nitrogens with zero attached hydrogens (tertiary/aromatic N) is 1. The lowest BCUT2D eigenvalue weighted by molar-refractivity contribution is 0.284. The Kier molecular flexibility index (Phi) is 3.75. The summed E-state index contributed by atoms with van der Waals surface area (Å²) in [5.41, 5.74) is 0. The number of oxazole rings is 1. The van der Waals surface area contributed by atoms with Crippen molar-refractivity contribution in [3.8, 4) is 0 Å². The van der Waals surface area contributed by atoms with Crippen LogP contribution in [0.2, 0.25) is 0 Å². The summed E-state index contributed by atoms with van der Waals surface area (Å²) in [5, 5.41) is 12.2. The Labute approximate surface area is 89.7 Å². The third kappa shape index (κ3) is 3.04. The van der Waals surface area contributed by atoms with Crippen molar-refractivity contribution < 1.29 is 9.52 Å². The minimum absolute atomic E-state index is 0.121. The molecule has 0 radical (unpaired) electrons. The third-order valence-corrected chi connectivity index (χ3v) is 2.79. The fourth-order valence-corrected chi connectivity index (χ4v) is 1.98. The molecule has 84 valence electrons. The topological polar surface area (TPSA) is 58.3 Å². The van der Waals surface area contributed by atoms with Gasteiger partial charge in [-0.2, -0.15) is 0 Å². The molecular formula is C11H18N2O2. The highest BCUT2D eigenvalue weighted by Gasteiger charge is 2.15. The molecule has 0 amide bonds. The van der Waals surface area contributed by atoms with Crippen molar-refractivity contribution in [2.24, 2.45) is 0 Å². The van der Waals surface area contributed by atoms with Gasteiger partial charge in [0, 0.05) is 18.9 Å². The summed E-state index contributed by atoms with van der Waals surface area (Å²) in [4.78, 5) is 4.21. The average Bonchev–Trinajstić information content (AvgIpc) is 2.68. The maximum atomic E-state index is 8.75. The van der Waals surface area contributed by atoms with Gasteiger partial charge in [0.15, 0.2) is 5.89 Å². The van der Waals surface area contributed by atoms with E-state index in [1.165, 1.54) is 19.3 Å². The van der Waals surface area contributed by atoms with E-state index in [1.54, 1.807) is 6.20 Å². The molecule has 0 bridgehead atoms. The van der Waals surface area contributed by atoms with E-state index in [0.29, 0.717) is 12.5 Å². The first kappa shape index (κ1) is 10.6. The highest BCUT2D eigenvalue weighted by molar-refractivity contribution is 4.96. The fourth-order valence-electron chi connectivity index (χ4n) is 1.98. The Balaban J connectivity index is 1.86. The second-order valence-electron chi connectivity index (χ2n) is 4.04. The Morgan fingerprint density at radius 2 is 2.47 bits per heavy atom. The summed E-state index contributed by atoms with van der Waals surface area (Å²) in [5.74, 6) is 1.57. The molecule has 1 aromatic rings. The lowest BCUT2D eigenvalue weighted by Crippen LogP contribution is -2.35. The Morgan fingerprint density at radius 1 is 1.53 bits per heavy atom. The molecule has 1 unspecified atom stereocenters. The zero-order chi connectivity index (χ0) is 10.5. The molecule has 4 nitrogen and oxygen atoms in total. The van der Waals surface area contributed by atoms with E-state index in [9.17, 15) is 0 Å². The van der Waals surface area contributed by atoms with E-state index in [0.717, 1.165) is 24.6 Å². The summed E-state index contributed by atoms with van der Waals surface area (Å²) >= 11 is 0. The highest BCUT2D eigenvalue weighted by Crippen LogP contribution is 2.13. The lowest BCUT2D eigenvalue weighted by Gasteiger charge is -2.21. The molecule has 4 heteroatoms. The molecule has 1 aliphatic heterocycles. The largest absolute Gasteiger partial charge is 0.446 e. The molecule has 1 atom stereocenters. The first-order chi connectivity index (χ1) is 7.38. The maximum Gasteiger partial charge on any atom is 0.195 e. The molecule has 1 saturated heterocycles. The molecule has 1 aromatic heterocycles. The van der Waals surface area contributed by atoms with Crippen molar-refractivity contribution in [1.29, 1.82) is 0 Å². The van der Waals surface area contributed by atoms with Gasteiger partial charge in [0.1, 0.15) is 5.76 Å². The molecule has 2 N–H and O–H groups in total. The number of aliphatic hydroxyl groups is 1. The van der Waals surface area contributed by atoms with Gasteiger partial charge in [0.05, 0.1) is 12.8 Å². The Hall–Kier alpha value is -0.870. The van der Waals surface area contributed by atoms with Crippen molar-refractivity contribution in [2.75, 3.05) is 13.2 Å². The quantitative estimate of drug-likeness (QED) is 0.775. The van der Waals surface area contributed by atoms with Gasteiger partial charge in [0.25, 0.3) is 0 Å². The normalized spacial score (nSPS) is 21.8. The summed E-state index contributed by atoms with van der Waals surface area (Å²) < 4.78 is 5.52. The van der Waals surface area contributed by atoms with Crippen LogP contribution in [-0.2, 0) is 12.8 Å². The van der Waals surface area contributed by atoms with Gasteiger partial charge in [-0.1, -0.05) is 6.42 Å².